The second-order valence-electron chi connectivity index (χ2n) is 7.87. The van der Waals surface area contributed by atoms with Crippen molar-refractivity contribution in [3.63, 3.8) is 0 Å². The van der Waals surface area contributed by atoms with Crippen molar-refractivity contribution in [2.45, 2.75) is 24.1 Å². The van der Waals surface area contributed by atoms with Crippen LogP contribution >= 0.6 is 11.8 Å². The Morgan fingerprint density at radius 3 is 2.40 bits per heavy atom. The Morgan fingerprint density at radius 2 is 1.77 bits per heavy atom. The first kappa shape index (κ1) is 25.2. The number of alkyl halides is 3. The summed E-state index contributed by atoms with van der Waals surface area (Å²) < 4.78 is 76.3. The summed E-state index contributed by atoms with van der Waals surface area (Å²) in [5.41, 5.74) is 1.05. The first-order valence-corrected chi connectivity index (χ1v) is 13.0. The molecule has 0 bridgehead atoms. The molecule has 0 aromatic heterocycles. The standard InChI is InChI=1S/C22H21F3N2O6S2/c1-31-17-8-3-13(9-18(17)32-2)10-20(28)26-21-27(16-11-35(29,30)12-19(16)34-21)14-4-6-15(7-5-14)33-22(23,24)25/h3-9,16,19H,10-12H2,1-2H3/t16-,19-/m1/s1. The SMILES string of the molecule is COc1ccc(CC(=O)N=C2S[C@@H]3CS(=O)(=O)C[C@H]3N2c2ccc(OC(F)(F)F)cc2)cc1OC. The smallest absolute Gasteiger partial charge is 0.493 e. The molecule has 2 heterocycles. The van der Waals surface area contributed by atoms with Crippen LogP contribution in [0.1, 0.15) is 5.56 Å². The summed E-state index contributed by atoms with van der Waals surface area (Å²) in [6.07, 6.45) is -4.87. The van der Waals surface area contributed by atoms with Gasteiger partial charge < -0.3 is 19.1 Å². The molecule has 0 radical (unpaired) electrons. The predicted molar refractivity (Wildman–Crippen MR) is 125 cm³/mol. The van der Waals surface area contributed by atoms with Crippen molar-refractivity contribution in [3.05, 3.63) is 48.0 Å². The molecule has 0 aliphatic carbocycles. The fraction of sp³-hybridized carbons (Fsp3) is 0.364. The lowest BCUT2D eigenvalue weighted by atomic mass is 10.1. The fourth-order valence-electron chi connectivity index (χ4n) is 3.99. The number of halogens is 3. The molecule has 2 atom stereocenters. The third-order valence-corrected chi connectivity index (χ3v) is 8.65. The van der Waals surface area contributed by atoms with Gasteiger partial charge in [0.05, 0.1) is 38.2 Å². The average molecular weight is 531 g/mol. The lowest BCUT2D eigenvalue weighted by molar-refractivity contribution is -0.274. The van der Waals surface area contributed by atoms with Crippen molar-refractivity contribution in [3.8, 4) is 17.2 Å². The van der Waals surface area contributed by atoms with Gasteiger partial charge in [-0.25, -0.2) is 8.42 Å². The zero-order valence-electron chi connectivity index (χ0n) is 18.6. The Kier molecular flexibility index (Phi) is 6.91. The summed E-state index contributed by atoms with van der Waals surface area (Å²) in [5.74, 6) is -0.121. The third kappa shape index (κ3) is 5.84. The molecule has 2 aromatic carbocycles. The molecule has 35 heavy (non-hydrogen) atoms. The van der Waals surface area contributed by atoms with E-state index in [1.807, 2.05) is 0 Å². The highest BCUT2D eigenvalue weighted by atomic mass is 32.2. The Hall–Kier alpha value is -2.93. The van der Waals surface area contributed by atoms with Crippen molar-refractivity contribution in [1.82, 2.24) is 0 Å². The van der Waals surface area contributed by atoms with Crippen LogP contribution in [0.15, 0.2) is 47.5 Å². The molecule has 2 saturated heterocycles. The number of hydrogen-bond donors (Lipinski definition) is 0. The number of methoxy groups -OCH3 is 2. The number of carbonyl (C=O) groups is 1. The molecule has 13 heteroatoms. The van der Waals surface area contributed by atoms with Crippen molar-refractivity contribution < 1.29 is 40.6 Å². The number of aliphatic imine (C=N–C) groups is 1. The Labute approximate surface area is 204 Å². The summed E-state index contributed by atoms with van der Waals surface area (Å²) in [6, 6.07) is 9.57. The number of rotatable bonds is 6. The van der Waals surface area contributed by atoms with Gasteiger partial charge in [-0.15, -0.1) is 13.2 Å². The summed E-state index contributed by atoms with van der Waals surface area (Å²) >= 11 is 1.17. The fourth-order valence-corrected chi connectivity index (χ4v) is 7.92. The molecule has 0 spiro atoms. The zero-order chi connectivity index (χ0) is 25.4. The van der Waals surface area contributed by atoms with E-state index in [0.29, 0.717) is 27.9 Å². The third-order valence-electron chi connectivity index (χ3n) is 5.44. The maximum absolute atomic E-state index is 12.8. The van der Waals surface area contributed by atoms with Crippen LogP contribution in [-0.2, 0) is 21.1 Å². The Morgan fingerprint density at radius 1 is 1.09 bits per heavy atom. The largest absolute Gasteiger partial charge is 0.573 e. The number of nitrogens with zero attached hydrogens (tertiary/aromatic N) is 2. The van der Waals surface area contributed by atoms with Crippen LogP contribution in [-0.4, -0.2) is 62.9 Å². The number of carbonyl (C=O) groups excluding carboxylic acids is 1. The van der Waals surface area contributed by atoms with E-state index in [-0.39, 0.29) is 23.2 Å². The van der Waals surface area contributed by atoms with E-state index in [2.05, 4.69) is 9.73 Å². The second kappa shape index (κ2) is 9.61. The molecule has 0 N–H and O–H groups in total. The molecule has 2 aliphatic heterocycles. The highest BCUT2D eigenvalue weighted by Gasteiger charge is 2.49. The number of hydrogen-bond acceptors (Lipinski definition) is 7. The molecule has 2 aromatic rings. The molecule has 8 nitrogen and oxygen atoms in total. The molecular weight excluding hydrogens is 509 g/mol. The molecule has 188 valence electrons. The van der Waals surface area contributed by atoms with Gasteiger partial charge in [0.25, 0.3) is 5.91 Å². The molecular formula is C22H21F3N2O6S2. The number of benzene rings is 2. The number of anilines is 1. The molecule has 4 rings (SSSR count). The Balaban J connectivity index is 1.60. The van der Waals surface area contributed by atoms with Crippen molar-refractivity contribution >= 4 is 38.4 Å². The van der Waals surface area contributed by atoms with E-state index in [4.69, 9.17) is 9.47 Å². The van der Waals surface area contributed by atoms with Gasteiger partial charge in [0.1, 0.15) is 5.75 Å². The maximum atomic E-state index is 12.8. The van der Waals surface area contributed by atoms with Gasteiger partial charge in [0.2, 0.25) is 0 Å². The van der Waals surface area contributed by atoms with Crippen LogP contribution in [0.3, 0.4) is 0 Å². The summed E-state index contributed by atoms with van der Waals surface area (Å²) in [4.78, 5) is 18.6. The van der Waals surface area contributed by atoms with E-state index < -0.39 is 33.9 Å². The Bertz CT molecular complexity index is 1250. The van der Waals surface area contributed by atoms with Gasteiger partial charge in [0.15, 0.2) is 26.5 Å². The van der Waals surface area contributed by atoms with E-state index in [1.165, 1.54) is 38.1 Å². The van der Waals surface area contributed by atoms with E-state index >= 15 is 0 Å². The normalized spacial score (nSPS) is 22.2. The van der Waals surface area contributed by atoms with Crippen LogP contribution in [0.5, 0.6) is 17.2 Å². The molecule has 2 fully saturated rings. The average Bonchev–Trinajstić information content (AvgIpc) is 3.23. The quantitative estimate of drug-likeness (QED) is 0.561. The minimum absolute atomic E-state index is 0.0375. The first-order valence-electron chi connectivity index (χ1n) is 10.3. The number of fused-ring (bicyclic) bond motifs is 1. The zero-order valence-corrected chi connectivity index (χ0v) is 20.2. The van der Waals surface area contributed by atoms with Gasteiger partial charge in [-0.3, -0.25) is 4.79 Å². The number of amidine groups is 1. The number of amides is 1. The first-order chi connectivity index (χ1) is 16.5. The highest BCUT2D eigenvalue weighted by Crippen LogP contribution is 2.41. The van der Waals surface area contributed by atoms with Crippen LogP contribution in [0.2, 0.25) is 0 Å². The minimum Gasteiger partial charge on any atom is -0.493 e. The van der Waals surface area contributed by atoms with Crippen molar-refractivity contribution in [1.29, 1.82) is 0 Å². The molecule has 0 saturated carbocycles. The summed E-state index contributed by atoms with van der Waals surface area (Å²) in [6.45, 7) is 0. The van der Waals surface area contributed by atoms with Gasteiger partial charge in [-0.1, -0.05) is 17.8 Å². The van der Waals surface area contributed by atoms with E-state index in [9.17, 15) is 26.4 Å². The van der Waals surface area contributed by atoms with Crippen LogP contribution in [0.4, 0.5) is 18.9 Å². The lowest BCUT2D eigenvalue weighted by Crippen LogP contribution is -2.37. The van der Waals surface area contributed by atoms with E-state index in [0.717, 1.165) is 12.1 Å². The summed E-state index contributed by atoms with van der Waals surface area (Å²) in [7, 11) is -0.315. The monoisotopic (exact) mass is 530 g/mol. The van der Waals surface area contributed by atoms with Crippen LogP contribution in [0, 0.1) is 0 Å². The maximum Gasteiger partial charge on any atom is 0.573 e. The minimum atomic E-state index is -4.83. The molecule has 2 aliphatic rings. The van der Waals surface area contributed by atoms with Gasteiger partial charge >= 0.3 is 6.36 Å². The number of sulfone groups is 1. The number of ether oxygens (including phenoxy) is 3. The van der Waals surface area contributed by atoms with Gasteiger partial charge in [-0.05, 0) is 42.0 Å². The topological polar surface area (TPSA) is 94.5 Å². The number of thioether (sulfide) groups is 1. The van der Waals surface area contributed by atoms with Crippen LogP contribution in [0.25, 0.3) is 0 Å². The molecule has 1 amide bonds. The predicted octanol–water partition coefficient (Wildman–Crippen LogP) is 3.45. The van der Waals surface area contributed by atoms with Crippen molar-refractivity contribution in [2.75, 3.05) is 30.6 Å². The van der Waals surface area contributed by atoms with Gasteiger partial charge in [0, 0.05) is 10.9 Å². The van der Waals surface area contributed by atoms with E-state index in [1.54, 1.807) is 23.1 Å². The van der Waals surface area contributed by atoms with Gasteiger partial charge in [-0.2, -0.15) is 4.99 Å². The second-order valence-corrected chi connectivity index (χ2v) is 11.2. The highest BCUT2D eigenvalue weighted by molar-refractivity contribution is 8.16. The van der Waals surface area contributed by atoms with Crippen molar-refractivity contribution in [2.24, 2.45) is 4.99 Å². The molecule has 0 unspecified atom stereocenters. The van der Waals surface area contributed by atoms with Crippen LogP contribution < -0.4 is 19.1 Å². The lowest BCUT2D eigenvalue weighted by Gasteiger charge is -2.24. The summed E-state index contributed by atoms with van der Waals surface area (Å²) in [5, 5.41) is -0.0522.